The number of hydrogen-bond donors (Lipinski definition) is 1. The molecule has 100 valence electrons. The molecule has 0 saturated carbocycles. The first-order chi connectivity index (χ1) is 9.11. The average Bonchev–Trinajstić information content (AvgIpc) is 2.77. The Morgan fingerprint density at radius 1 is 1.32 bits per heavy atom. The Morgan fingerprint density at radius 2 is 2.05 bits per heavy atom. The van der Waals surface area contributed by atoms with E-state index in [4.69, 9.17) is 0 Å². The molecule has 0 bridgehead atoms. The zero-order valence-electron chi connectivity index (χ0n) is 10.4. The second-order valence-corrected chi connectivity index (χ2v) is 5.65. The predicted molar refractivity (Wildman–Crippen MR) is 80.9 cm³/mol. The van der Waals surface area contributed by atoms with E-state index < -0.39 is 0 Å². The number of hydrogen-bond acceptors (Lipinski definition) is 2. The molecule has 0 fully saturated rings. The summed E-state index contributed by atoms with van der Waals surface area (Å²) in [5.41, 5.74) is 1.44. The highest BCUT2D eigenvalue weighted by atomic mass is 79.9. The summed E-state index contributed by atoms with van der Waals surface area (Å²) in [5, 5.41) is 7.22. The molecule has 1 aromatic heterocycles. The van der Waals surface area contributed by atoms with Crippen molar-refractivity contribution in [2.75, 3.05) is 0 Å². The Kier molecular flexibility index (Phi) is 4.76. The largest absolute Gasteiger partial charge is 0.346 e. The summed E-state index contributed by atoms with van der Waals surface area (Å²) in [7, 11) is 0. The van der Waals surface area contributed by atoms with Crippen molar-refractivity contribution in [3.8, 4) is 0 Å². The van der Waals surface area contributed by atoms with Crippen LogP contribution in [0.15, 0.2) is 39.4 Å². The molecule has 1 aromatic carbocycles. The van der Waals surface area contributed by atoms with Crippen LogP contribution >= 0.6 is 31.9 Å². The number of aromatic nitrogens is 2. The zero-order valence-corrected chi connectivity index (χ0v) is 13.5. The number of nitrogens with one attached hydrogen (secondary N) is 1. The maximum absolute atomic E-state index is 12.0. The number of carbonyl (C=O) groups excluding carboxylic acids is 1. The summed E-state index contributed by atoms with van der Waals surface area (Å²) >= 11 is 6.80. The maximum atomic E-state index is 12.0. The fraction of sp³-hybridized carbons (Fsp3) is 0.231. The standard InChI is InChI=1S/C13H13Br2N3O/c1-2-18-8-11(15)12(17-18)7-16-13(19)9-5-3-4-6-10(9)14/h3-6,8H,2,7H2,1H3,(H,16,19). The number of halogens is 2. The third-order valence-corrected chi connectivity index (χ3v) is 4.00. The van der Waals surface area contributed by atoms with Crippen molar-refractivity contribution >= 4 is 37.8 Å². The molecule has 0 spiro atoms. The van der Waals surface area contributed by atoms with Gasteiger partial charge in [-0.05, 0) is 50.9 Å². The van der Waals surface area contributed by atoms with E-state index in [1.807, 2.05) is 36.0 Å². The van der Waals surface area contributed by atoms with Crippen LogP contribution in [-0.2, 0) is 13.1 Å². The molecular formula is C13H13Br2N3O. The molecule has 1 N–H and O–H groups in total. The van der Waals surface area contributed by atoms with Gasteiger partial charge in [0.05, 0.1) is 22.3 Å². The molecule has 0 radical (unpaired) electrons. The molecule has 2 rings (SSSR count). The average molecular weight is 387 g/mol. The summed E-state index contributed by atoms with van der Waals surface area (Å²) in [4.78, 5) is 12.0. The molecule has 19 heavy (non-hydrogen) atoms. The first-order valence-electron chi connectivity index (χ1n) is 5.86. The smallest absolute Gasteiger partial charge is 0.252 e. The molecule has 0 aliphatic heterocycles. The highest BCUT2D eigenvalue weighted by molar-refractivity contribution is 9.10. The molecule has 2 aromatic rings. The van der Waals surface area contributed by atoms with Crippen molar-refractivity contribution in [3.63, 3.8) is 0 Å². The van der Waals surface area contributed by atoms with Gasteiger partial charge in [0.25, 0.3) is 5.91 Å². The molecule has 0 saturated heterocycles. The van der Waals surface area contributed by atoms with Crippen molar-refractivity contribution in [1.29, 1.82) is 0 Å². The van der Waals surface area contributed by atoms with Gasteiger partial charge < -0.3 is 5.32 Å². The van der Waals surface area contributed by atoms with Crippen LogP contribution < -0.4 is 5.32 Å². The van der Waals surface area contributed by atoms with Crippen molar-refractivity contribution in [1.82, 2.24) is 15.1 Å². The van der Waals surface area contributed by atoms with Crippen LogP contribution in [0.4, 0.5) is 0 Å². The van der Waals surface area contributed by atoms with Crippen LogP contribution in [0.2, 0.25) is 0 Å². The van der Waals surface area contributed by atoms with Crippen LogP contribution in [0.3, 0.4) is 0 Å². The monoisotopic (exact) mass is 385 g/mol. The van der Waals surface area contributed by atoms with E-state index >= 15 is 0 Å². The summed E-state index contributed by atoms with van der Waals surface area (Å²) < 4.78 is 3.51. The van der Waals surface area contributed by atoms with Gasteiger partial charge in [-0.2, -0.15) is 5.10 Å². The van der Waals surface area contributed by atoms with Gasteiger partial charge in [-0.25, -0.2) is 0 Å². The first kappa shape index (κ1) is 14.3. The van der Waals surface area contributed by atoms with Gasteiger partial charge in [0.15, 0.2) is 0 Å². The topological polar surface area (TPSA) is 46.9 Å². The van der Waals surface area contributed by atoms with Gasteiger partial charge in [-0.3, -0.25) is 9.48 Å². The van der Waals surface area contributed by atoms with Crippen molar-refractivity contribution in [2.45, 2.75) is 20.0 Å². The van der Waals surface area contributed by atoms with Crippen LogP contribution in [0.25, 0.3) is 0 Å². The number of carbonyl (C=O) groups is 1. The highest BCUT2D eigenvalue weighted by Crippen LogP contribution is 2.17. The van der Waals surface area contributed by atoms with Gasteiger partial charge in [-0.15, -0.1) is 0 Å². The number of rotatable bonds is 4. The number of amides is 1. The normalized spacial score (nSPS) is 10.5. The lowest BCUT2D eigenvalue weighted by atomic mass is 10.2. The first-order valence-corrected chi connectivity index (χ1v) is 7.45. The molecule has 1 amide bonds. The lowest BCUT2D eigenvalue weighted by molar-refractivity contribution is 0.0949. The van der Waals surface area contributed by atoms with E-state index in [2.05, 4.69) is 42.3 Å². The van der Waals surface area contributed by atoms with E-state index in [9.17, 15) is 4.79 Å². The zero-order chi connectivity index (χ0) is 13.8. The van der Waals surface area contributed by atoms with E-state index in [1.165, 1.54) is 0 Å². The second-order valence-electron chi connectivity index (χ2n) is 3.94. The van der Waals surface area contributed by atoms with Crippen LogP contribution in [-0.4, -0.2) is 15.7 Å². The molecule has 0 unspecified atom stereocenters. The fourth-order valence-electron chi connectivity index (χ4n) is 1.62. The molecule has 0 atom stereocenters. The number of nitrogens with zero attached hydrogens (tertiary/aromatic N) is 2. The van der Waals surface area contributed by atoms with Gasteiger partial charge >= 0.3 is 0 Å². The van der Waals surface area contributed by atoms with Gasteiger partial charge in [0.2, 0.25) is 0 Å². The summed E-state index contributed by atoms with van der Waals surface area (Å²) in [5.74, 6) is -0.120. The second kappa shape index (κ2) is 6.34. The highest BCUT2D eigenvalue weighted by Gasteiger charge is 2.11. The van der Waals surface area contributed by atoms with Crippen molar-refractivity contribution in [3.05, 3.63) is 50.7 Å². The minimum absolute atomic E-state index is 0.120. The van der Waals surface area contributed by atoms with Crippen LogP contribution in [0.1, 0.15) is 23.0 Å². The summed E-state index contributed by atoms with van der Waals surface area (Å²) in [6, 6.07) is 7.33. The maximum Gasteiger partial charge on any atom is 0.252 e. The van der Waals surface area contributed by atoms with E-state index in [0.29, 0.717) is 12.1 Å². The minimum Gasteiger partial charge on any atom is -0.346 e. The van der Waals surface area contributed by atoms with E-state index in [-0.39, 0.29) is 5.91 Å². The third-order valence-electron chi connectivity index (χ3n) is 2.65. The van der Waals surface area contributed by atoms with Crippen molar-refractivity contribution in [2.24, 2.45) is 0 Å². The van der Waals surface area contributed by atoms with Crippen molar-refractivity contribution < 1.29 is 4.79 Å². The molecule has 0 aliphatic rings. The fourth-order valence-corrected chi connectivity index (χ4v) is 2.54. The minimum atomic E-state index is -0.120. The quantitative estimate of drug-likeness (QED) is 0.875. The van der Waals surface area contributed by atoms with Crippen LogP contribution in [0, 0.1) is 0 Å². The molecule has 0 aliphatic carbocycles. The lowest BCUT2D eigenvalue weighted by Crippen LogP contribution is -2.23. The molecule has 4 nitrogen and oxygen atoms in total. The molecule has 6 heteroatoms. The Hall–Kier alpha value is -1.14. The third kappa shape index (κ3) is 3.45. The lowest BCUT2D eigenvalue weighted by Gasteiger charge is -2.05. The Morgan fingerprint density at radius 3 is 2.68 bits per heavy atom. The number of benzene rings is 1. The predicted octanol–water partition coefficient (Wildman–Crippen LogP) is 3.36. The SMILES string of the molecule is CCn1cc(Br)c(CNC(=O)c2ccccc2Br)n1. The van der Waals surface area contributed by atoms with Gasteiger partial charge in [-0.1, -0.05) is 12.1 Å². The summed E-state index contributed by atoms with van der Waals surface area (Å²) in [6.07, 6.45) is 1.90. The van der Waals surface area contributed by atoms with E-state index in [0.717, 1.165) is 21.2 Å². The van der Waals surface area contributed by atoms with E-state index in [1.54, 1.807) is 6.07 Å². The Balaban J connectivity index is 2.04. The van der Waals surface area contributed by atoms with Gasteiger partial charge in [0.1, 0.15) is 0 Å². The Labute approximate surface area is 128 Å². The molecule has 1 heterocycles. The number of aryl methyl sites for hydroxylation is 1. The summed E-state index contributed by atoms with van der Waals surface area (Å²) in [6.45, 7) is 3.22. The molecular weight excluding hydrogens is 374 g/mol. The van der Waals surface area contributed by atoms with Crippen LogP contribution in [0.5, 0.6) is 0 Å². The Bertz CT molecular complexity index is 595. The van der Waals surface area contributed by atoms with Gasteiger partial charge in [0, 0.05) is 17.2 Å².